The number of thiocarbonyl (C=S) groups is 1. The van der Waals surface area contributed by atoms with Gasteiger partial charge in [0.25, 0.3) is 0 Å². The summed E-state index contributed by atoms with van der Waals surface area (Å²) in [6.45, 7) is 0.702. The quantitative estimate of drug-likeness (QED) is 0.460. The topological polar surface area (TPSA) is 54.9 Å². The highest BCUT2D eigenvalue weighted by molar-refractivity contribution is 9.10. The first-order chi connectivity index (χ1) is 11.6. The van der Waals surface area contributed by atoms with Gasteiger partial charge in [-0.3, -0.25) is 5.43 Å². The Morgan fingerprint density at radius 2 is 1.96 bits per heavy atom. The SMILES string of the molecule is Fc1ccc(CNC(=S)N/N=C\c2cc3c(cc2Br)OCO3)cc1. The summed E-state index contributed by atoms with van der Waals surface area (Å²) >= 11 is 8.59. The van der Waals surface area contributed by atoms with Crippen molar-refractivity contribution in [3.8, 4) is 11.5 Å². The van der Waals surface area contributed by atoms with Crippen molar-refractivity contribution in [3.05, 3.63) is 57.8 Å². The molecule has 2 N–H and O–H groups in total. The number of halogens is 2. The third-order valence-corrected chi connectivity index (χ3v) is 4.15. The number of hydrazone groups is 1. The third-order valence-electron chi connectivity index (χ3n) is 3.23. The van der Waals surface area contributed by atoms with E-state index in [4.69, 9.17) is 21.7 Å². The monoisotopic (exact) mass is 409 g/mol. The number of hydrogen-bond acceptors (Lipinski definition) is 4. The summed E-state index contributed by atoms with van der Waals surface area (Å²) < 4.78 is 24.3. The molecule has 0 saturated carbocycles. The zero-order chi connectivity index (χ0) is 16.9. The van der Waals surface area contributed by atoms with Crippen molar-refractivity contribution in [3.63, 3.8) is 0 Å². The van der Waals surface area contributed by atoms with Gasteiger partial charge in [-0.15, -0.1) is 0 Å². The van der Waals surface area contributed by atoms with Gasteiger partial charge in [-0.25, -0.2) is 4.39 Å². The van der Waals surface area contributed by atoms with E-state index in [1.807, 2.05) is 12.1 Å². The van der Waals surface area contributed by atoms with Gasteiger partial charge in [-0.05, 0) is 58.0 Å². The minimum absolute atomic E-state index is 0.220. The van der Waals surface area contributed by atoms with Crippen molar-refractivity contribution in [2.45, 2.75) is 6.54 Å². The molecule has 124 valence electrons. The van der Waals surface area contributed by atoms with Gasteiger partial charge in [0.1, 0.15) is 5.82 Å². The van der Waals surface area contributed by atoms with E-state index >= 15 is 0 Å². The molecule has 3 rings (SSSR count). The highest BCUT2D eigenvalue weighted by atomic mass is 79.9. The van der Waals surface area contributed by atoms with Crippen LogP contribution < -0.4 is 20.2 Å². The lowest BCUT2D eigenvalue weighted by atomic mass is 10.2. The Labute approximate surface area is 152 Å². The largest absolute Gasteiger partial charge is 0.454 e. The summed E-state index contributed by atoms with van der Waals surface area (Å²) in [4.78, 5) is 0. The van der Waals surface area contributed by atoms with E-state index in [0.29, 0.717) is 23.2 Å². The lowest BCUT2D eigenvalue weighted by Crippen LogP contribution is -2.31. The Bertz CT molecular complexity index is 784. The van der Waals surface area contributed by atoms with Crippen molar-refractivity contribution in [2.75, 3.05) is 6.79 Å². The van der Waals surface area contributed by atoms with Crippen molar-refractivity contribution in [1.82, 2.24) is 10.7 Å². The average Bonchev–Trinajstić information content (AvgIpc) is 3.01. The molecule has 0 atom stereocenters. The van der Waals surface area contributed by atoms with Gasteiger partial charge < -0.3 is 14.8 Å². The van der Waals surface area contributed by atoms with Crippen LogP contribution in [0.25, 0.3) is 0 Å². The van der Waals surface area contributed by atoms with Crippen LogP contribution in [0.4, 0.5) is 4.39 Å². The molecule has 8 heteroatoms. The number of benzene rings is 2. The number of rotatable bonds is 4. The molecule has 0 aliphatic carbocycles. The normalized spacial score (nSPS) is 12.4. The molecule has 24 heavy (non-hydrogen) atoms. The molecule has 1 heterocycles. The molecule has 5 nitrogen and oxygen atoms in total. The van der Waals surface area contributed by atoms with Crippen molar-refractivity contribution < 1.29 is 13.9 Å². The third kappa shape index (κ3) is 4.21. The molecule has 2 aromatic carbocycles. The second kappa shape index (κ2) is 7.59. The van der Waals surface area contributed by atoms with E-state index in [-0.39, 0.29) is 12.6 Å². The lowest BCUT2D eigenvalue weighted by molar-refractivity contribution is 0.174. The number of nitrogens with one attached hydrogen (secondary N) is 2. The maximum atomic E-state index is 12.8. The fraction of sp³-hybridized carbons (Fsp3) is 0.125. The van der Waals surface area contributed by atoms with Crippen LogP contribution in [-0.4, -0.2) is 18.1 Å². The molecule has 0 saturated heterocycles. The van der Waals surface area contributed by atoms with Gasteiger partial charge in [-0.2, -0.15) is 5.10 Å². The van der Waals surface area contributed by atoms with Crippen molar-refractivity contribution in [1.29, 1.82) is 0 Å². The van der Waals surface area contributed by atoms with Crippen LogP contribution in [-0.2, 0) is 6.54 Å². The summed E-state index contributed by atoms with van der Waals surface area (Å²) in [6, 6.07) is 9.85. The van der Waals surface area contributed by atoms with Crippen molar-refractivity contribution >= 4 is 39.5 Å². The first-order valence-corrected chi connectivity index (χ1v) is 8.22. The summed E-state index contributed by atoms with van der Waals surface area (Å²) in [5, 5.41) is 7.45. The Kier molecular flexibility index (Phi) is 5.27. The molecule has 0 spiro atoms. The van der Waals surface area contributed by atoms with Gasteiger partial charge in [0.2, 0.25) is 6.79 Å². The van der Waals surface area contributed by atoms with Crippen LogP contribution in [0.2, 0.25) is 0 Å². The minimum Gasteiger partial charge on any atom is -0.454 e. The maximum absolute atomic E-state index is 12.8. The van der Waals surface area contributed by atoms with Crippen LogP contribution in [0, 0.1) is 5.82 Å². The van der Waals surface area contributed by atoms with E-state index in [1.165, 1.54) is 12.1 Å². The number of hydrogen-bond donors (Lipinski definition) is 2. The molecule has 0 unspecified atom stereocenters. The smallest absolute Gasteiger partial charge is 0.231 e. The van der Waals surface area contributed by atoms with Gasteiger partial charge in [0, 0.05) is 16.6 Å². The van der Waals surface area contributed by atoms with Crippen LogP contribution in [0.3, 0.4) is 0 Å². The summed E-state index contributed by atoms with van der Waals surface area (Å²) in [6.07, 6.45) is 1.62. The van der Waals surface area contributed by atoms with Crippen LogP contribution in [0.1, 0.15) is 11.1 Å². The van der Waals surface area contributed by atoms with E-state index in [9.17, 15) is 4.39 Å². The number of nitrogens with zero attached hydrogens (tertiary/aromatic N) is 1. The molecule has 0 aromatic heterocycles. The zero-order valence-corrected chi connectivity index (χ0v) is 14.8. The molecule has 0 amide bonds. The molecule has 2 aromatic rings. The van der Waals surface area contributed by atoms with Gasteiger partial charge in [0.05, 0.1) is 6.21 Å². The predicted octanol–water partition coefficient (Wildman–Crippen LogP) is 3.32. The molecular weight excluding hydrogens is 397 g/mol. The molecule has 1 aliphatic rings. The highest BCUT2D eigenvalue weighted by Gasteiger charge is 2.15. The molecule has 0 radical (unpaired) electrons. The standard InChI is InChI=1S/C16H13BrFN3O2S/c17-13-6-15-14(22-9-23-15)5-11(13)8-20-21-16(24)19-7-10-1-3-12(18)4-2-10/h1-6,8H,7,9H2,(H2,19,21,24)/b20-8-. The fourth-order valence-electron chi connectivity index (χ4n) is 2.02. The van der Waals surface area contributed by atoms with E-state index in [0.717, 1.165) is 15.6 Å². The van der Waals surface area contributed by atoms with Gasteiger partial charge in [-0.1, -0.05) is 12.1 Å². The summed E-state index contributed by atoms with van der Waals surface area (Å²) in [5.74, 6) is 1.11. The molecule has 1 aliphatic heterocycles. The first kappa shape index (κ1) is 16.7. The Balaban J connectivity index is 1.52. The first-order valence-electron chi connectivity index (χ1n) is 7.02. The molecule has 0 bridgehead atoms. The van der Waals surface area contributed by atoms with E-state index < -0.39 is 0 Å². The number of ether oxygens (including phenoxy) is 2. The van der Waals surface area contributed by atoms with Gasteiger partial charge in [0.15, 0.2) is 16.6 Å². The van der Waals surface area contributed by atoms with E-state index in [1.54, 1.807) is 18.3 Å². The number of fused-ring (bicyclic) bond motifs is 1. The predicted molar refractivity (Wildman–Crippen MR) is 96.8 cm³/mol. The van der Waals surface area contributed by atoms with E-state index in [2.05, 4.69) is 31.8 Å². The van der Waals surface area contributed by atoms with Crippen molar-refractivity contribution in [2.24, 2.45) is 5.10 Å². The highest BCUT2D eigenvalue weighted by Crippen LogP contribution is 2.36. The average molecular weight is 410 g/mol. The summed E-state index contributed by atoms with van der Waals surface area (Å²) in [5.41, 5.74) is 4.48. The Morgan fingerprint density at radius 3 is 2.71 bits per heavy atom. The Hall–Kier alpha value is -2.19. The van der Waals surface area contributed by atoms with Crippen LogP contribution >= 0.6 is 28.1 Å². The summed E-state index contributed by atoms with van der Waals surface area (Å²) in [7, 11) is 0. The second-order valence-corrected chi connectivity index (χ2v) is 6.17. The minimum atomic E-state index is -0.265. The molecule has 0 fully saturated rings. The fourth-order valence-corrected chi connectivity index (χ4v) is 2.57. The zero-order valence-electron chi connectivity index (χ0n) is 12.4. The Morgan fingerprint density at radius 1 is 1.25 bits per heavy atom. The van der Waals surface area contributed by atoms with Crippen LogP contribution in [0.15, 0.2) is 46.0 Å². The van der Waals surface area contributed by atoms with Crippen LogP contribution in [0.5, 0.6) is 11.5 Å². The second-order valence-electron chi connectivity index (χ2n) is 4.91. The maximum Gasteiger partial charge on any atom is 0.231 e. The molecular formula is C16H13BrFN3O2S. The van der Waals surface area contributed by atoms with Gasteiger partial charge >= 0.3 is 0 Å². The lowest BCUT2D eigenvalue weighted by Gasteiger charge is -2.07.